The Balaban J connectivity index is 2.85. The molecule has 0 aliphatic rings. The van der Waals surface area contributed by atoms with Gasteiger partial charge in [-0.2, -0.15) is 5.26 Å². The van der Waals surface area contributed by atoms with Gasteiger partial charge in [0.15, 0.2) is 0 Å². The van der Waals surface area contributed by atoms with Gasteiger partial charge in [0, 0.05) is 5.39 Å². The van der Waals surface area contributed by atoms with Crippen LogP contribution in [-0.2, 0) is 0 Å². The molecule has 0 radical (unpaired) electrons. The lowest BCUT2D eigenvalue weighted by Gasteiger charge is -2.00. The van der Waals surface area contributed by atoms with Gasteiger partial charge in [0.25, 0.3) is 5.91 Å². The molecule has 0 bridgehead atoms. The third-order valence-electron chi connectivity index (χ3n) is 2.22. The molecule has 0 aliphatic carbocycles. The molecule has 1 aromatic carbocycles. The lowest BCUT2D eigenvalue weighted by atomic mass is 10.2. The van der Waals surface area contributed by atoms with Crippen molar-refractivity contribution < 1.29 is 4.79 Å². The van der Waals surface area contributed by atoms with Gasteiger partial charge in [-0.05, 0) is 18.2 Å². The lowest BCUT2D eigenvalue weighted by Crippen LogP contribution is -2.08. The van der Waals surface area contributed by atoms with Crippen LogP contribution in [0.2, 0.25) is 0 Å². The summed E-state index contributed by atoms with van der Waals surface area (Å²) in [6.45, 7) is 3.42. The predicted molar refractivity (Wildman–Crippen MR) is 57.5 cm³/mol. The molecule has 0 amide bonds. The molecule has 72 valence electrons. The summed E-state index contributed by atoms with van der Waals surface area (Å²) < 4.78 is 1.36. The van der Waals surface area contributed by atoms with Gasteiger partial charge in [-0.15, -0.1) is 0 Å². The molecule has 0 fully saturated rings. The van der Waals surface area contributed by atoms with Crippen LogP contribution < -0.4 is 0 Å². The summed E-state index contributed by atoms with van der Waals surface area (Å²) in [4.78, 5) is 11.6. The molecule has 3 nitrogen and oxygen atoms in total. The summed E-state index contributed by atoms with van der Waals surface area (Å²) in [5.41, 5.74) is 1.07. The van der Waals surface area contributed by atoms with Gasteiger partial charge in [0.2, 0.25) is 0 Å². The number of fused-ring (bicyclic) bond motifs is 1. The molecular formula is C12H8N2O. The second-order valence-corrected chi connectivity index (χ2v) is 3.08. The first-order valence-electron chi connectivity index (χ1n) is 4.45. The number of carbonyl (C=O) groups is 1. The van der Waals surface area contributed by atoms with E-state index in [1.54, 1.807) is 12.1 Å². The minimum atomic E-state index is -0.284. The average Bonchev–Trinajstić information content (AvgIpc) is 2.66. The first kappa shape index (κ1) is 9.22. The summed E-state index contributed by atoms with van der Waals surface area (Å²) in [6, 6.07) is 11.1. The van der Waals surface area contributed by atoms with Crippen molar-refractivity contribution in [2.24, 2.45) is 0 Å². The summed E-state index contributed by atoms with van der Waals surface area (Å²) in [7, 11) is 0. The van der Waals surface area contributed by atoms with Crippen LogP contribution in [0.15, 0.2) is 43.0 Å². The molecule has 0 spiro atoms. The van der Waals surface area contributed by atoms with Gasteiger partial charge in [0.1, 0.15) is 11.8 Å². The number of carbonyl (C=O) groups excluding carboxylic acids is 1. The summed E-state index contributed by atoms with van der Waals surface area (Å²) in [6.07, 6.45) is 1.20. The molecule has 1 heterocycles. The van der Waals surface area contributed by atoms with E-state index in [9.17, 15) is 4.79 Å². The molecule has 0 aliphatic heterocycles. The Morgan fingerprint density at radius 1 is 1.47 bits per heavy atom. The maximum Gasteiger partial charge on any atom is 0.255 e. The minimum absolute atomic E-state index is 0.284. The molecule has 2 rings (SSSR count). The number of allylic oxidation sites excluding steroid dienone is 1. The zero-order valence-corrected chi connectivity index (χ0v) is 7.97. The van der Waals surface area contributed by atoms with Gasteiger partial charge < -0.3 is 0 Å². The number of para-hydroxylation sites is 1. The number of nitriles is 1. The van der Waals surface area contributed by atoms with E-state index in [0.717, 1.165) is 10.9 Å². The highest BCUT2D eigenvalue weighted by molar-refractivity contribution is 5.99. The number of rotatable bonds is 1. The van der Waals surface area contributed by atoms with Gasteiger partial charge in [-0.25, -0.2) is 0 Å². The van der Waals surface area contributed by atoms with Gasteiger partial charge in [-0.1, -0.05) is 24.8 Å². The van der Waals surface area contributed by atoms with Crippen LogP contribution in [-0.4, -0.2) is 10.5 Å². The fourth-order valence-corrected chi connectivity index (χ4v) is 1.57. The topological polar surface area (TPSA) is 45.8 Å². The van der Waals surface area contributed by atoms with Crippen molar-refractivity contribution in [3.8, 4) is 6.07 Å². The molecule has 0 N–H and O–H groups in total. The standard InChI is InChI=1S/C12H8N2O/c1-2-12(15)14-10(8-13)7-9-5-3-4-6-11(9)14/h2-7H,1H2. The van der Waals surface area contributed by atoms with Crippen molar-refractivity contribution in [3.05, 3.63) is 48.7 Å². The van der Waals surface area contributed by atoms with Crippen molar-refractivity contribution in [3.63, 3.8) is 0 Å². The zero-order chi connectivity index (χ0) is 10.8. The number of hydrogen-bond acceptors (Lipinski definition) is 2. The second-order valence-electron chi connectivity index (χ2n) is 3.08. The third kappa shape index (κ3) is 1.32. The fourth-order valence-electron chi connectivity index (χ4n) is 1.57. The normalized spacial score (nSPS) is 9.80. The Morgan fingerprint density at radius 2 is 2.20 bits per heavy atom. The fraction of sp³-hybridized carbons (Fsp3) is 0. The van der Waals surface area contributed by atoms with E-state index >= 15 is 0 Å². The first-order valence-corrected chi connectivity index (χ1v) is 4.45. The number of benzene rings is 1. The van der Waals surface area contributed by atoms with Gasteiger partial charge in [0.05, 0.1) is 5.52 Å². The van der Waals surface area contributed by atoms with Crippen LogP contribution in [0.1, 0.15) is 10.5 Å². The van der Waals surface area contributed by atoms with E-state index in [2.05, 4.69) is 6.58 Å². The molecule has 0 unspecified atom stereocenters. The molecule has 1 aromatic heterocycles. The second kappa shape index (κ2) is 3.43. The van der Waals surface area contributed by atoms with Crippen molar-refractivity contribution in [1.29, 1.82) is 5.26 Å². The Labute approximate surface area is 86.9 Å². The van der Waals surface area contributed by atoms with Crippen LogP contribution in [0, 0.1) is 11.3 Å². The molecule has 3 heteroatoms. The number of nitrogens with zero attached hydrogens (tertiary/aromatic N) is 2. The van der Waals surface area contributed by atoms with Crippen molar-refractivity contribution in [1.82, 2.24) is 4.57 Å². The molecule has 0 saturated heterocycles. The van der Waals surface area contributed by atoms with E-state index in [1.165, 1.54) is 10.6 Å². The van der Waals surface area contributed by atoms with Crippen LogP contribution in [0.4, 0.5) is 0 Å². The highest BCUT2D eigenvalue weighted by Gasteiger charge is 2.11. The maximum atomic E-state index is 11.6. The van der Waals surface area contributed by atoms with E-state index in [0.29, 0.717) is 5.69 Å². The zero-order valence-electron chi connectivity index (χ0n) is 7.97. The predicted octanol–water partition coefficient (Wildman–Crippen LogP) is 2.34. The largest absolute Gasteiger partial charge is 0.269 e. The summed E-state index contributed by atoms with van der Waals surface area (Å²) in [5, 5.41) is 9.79. The highest BCUT2D eigenvalue weighted by Crippen LogP contribution is 2.19. The van der Waals surface area contributed by atoms with E-state index < -0.39 is 0 Å². The van der Waals surface area contributed by atoms with Crippen molar-refractivity contribution >= 4 is 16.8 Å². The Bertz CT molecular complexity index is 587. The van der Waals surface area contributed by atoms with Gasteiger partial charge in [-0.3, -0.25) is 9.36 Å². The molecule has 15 heavy (non-hydrogen) atoms. The summed E-state index contributed by atoms with van der Waals surface area (Å²) >= 11 is 0. The maximum absolute atomic E-state index is 11.6. The van der Waals surface area contributed by atoms with E-state index in [4.69, 9.17) is 5.26 Å². The quantitative estimate of drug-likeness (QED) is 0.657. The van der Waals surface area contributed by atoms with Crippen LogP contribution in [0.25, 0.3) is 10.9 Å². The summed E-state index contributed by atoms with van der Waals surface area (Å²) in [5.74, 6) is -0.284. The Kier molecular flexibility index (Phi) is 2.11. The van der Waals surface area contributed by atoms with Crippen LogP contribution in [0.5, 0.6) is 0 Å². The molecular weight excluding hydrogens is 188 g/mol. The van der Waals surface area contributed by atoms with Crippen molar-refractivity contribution in [2.75, 3.05) is 0 Å². The van der Waals surface area contributed by atoms with Gasteiger partial charge >= 0.3 is 0 Å². The average molecular weight is 196 g/mol. The SMILES string of the molecule is C=CC(=O)n1c(C#N)cc2ccccc21. The smallest absolute Gasteiger partial charge is 0.255 e. The number of aromatic nitrogens is 1. The minimum Gasteiger partial charge on any atom is -0.269 e. The molecule has 0 saturated carbocycles. The Hall–Kier alpha value is -2.34. The first-order chi connectivity index (χ1) is 7.27. The van der Waals surface area contributed by atoms with Crippen LogP contribution in [0.3, 0.4) is 0 Å². The van der Waals surface area contributed by atoms with E-state index in [1.807, 2.05) is 24.3 Å². The molecule has 0 atom stereocenters. The Morgan fingerprint density at radius 3 is 2.87 bits per heavy atom. The highest BCUT2D eigenvalue weighted by atomic mass is 16.1. The third-order valence-corrected chi connectivity index (χ3v) is 2.22. The molecule has 2 aromatic rings. The number of hydrogen-bond donors (Lipinski definition) is 0. The lowest BCUT2D eigenvalue weighted by molar-refractivity contribution is 0.0973. The monoisotopic (exact) mass is 196 g/mol. The van der Waals surface area contributed by atoms with E-state index in [-0.39, 0.29) is 5.91 Å². The van der Waals surface area contributed by atoms with Crippen LogP contribution >= 0.6 is 0 Å². The van der Waals surface area contributed by atoms with Crippen molar-refractivity contribution in [2.45, 2.75) is 0 Å².